The zero-order chi connectivity index (χ0) is 22.5. The van der Waals surface area contributed by atoms with E-state index in [9.17, 15) is 9.90 Å². The molecular weight excluding hydrogens is 428 g/mol. The summed E-state index contributed by atoms with van der Waals surface area (Å²) in [5.74, 6) is 0.654. The average Bonchev–Trinajstić information content (AvgIpc) is 3.43. The van der Waals surface area contributed by atoms with Crippen molar-refractivity contribution in [3.8, 4) is 27.6 Å². The third kappa shape index (κ3) is 3.28. The molecule has 1 N–H and O–H groups in total. The molecule has 3 aromatic carbocycles. The molecule has 33 heavy (non-hydrogen) atoms. The molecule has 0 aliphatic heterocycles. The van der Waals surface area contributed by atoms with Crippen LogP contribution in [0, 0.1) is 6.92 Å². The number of phenols is 1. The predicted octanol–water partition coefficient (Wildman–Crippen LogP) is 6.15. The Hall–Kier alpha value is -3.70. The van der Waals surface area contributed by atoms with E-state index in [0.717, 1.165) is 27.8 Å². The molecule has 6 rings (SSSR count). The molecule has 0 radical (unpaired) electrons. The molecule has 2 heterocycles. The first-order chi connectivity index (χ1) is 16.1. The average molecular weight is 451 g/mol. The molecule has 0 unspecified atom stereocenters. The number of nitrogens with zero attached hydrogens (tertiary/aromatic N) is 2. The van der Waals surface area contributed by atoms with Crippen LogP contribution in [0.4, 0.5) is 0 Å². The highest BCUT2D eigenvalue weighted by atomic mass is 32.1. The molecule has 0 fully saturated rings. The molecule has 1 aliphatic carbocycles. The van der Waals surface area contributed by atoms with Crippen LogP contribution in [0.5, 0.6) is 5.75 Å². The Morgan fingerprint density at radius 2 is 1.61 bits per heavy atom. The second-order valence-electron chi connectivity index (χ2n) is 8.57. The van der Waals surface area contributed by atoms with E-state index in [4.69, 9.17) is 4.98 Å². The first-order valence-electron chi connectivity index (χ1n) is 11.1. The molecule has 4 nitrogen and oxygen atoms in total. The van der Waals surface area contributed by atoms with E-state index in [2.05, 4.69) is 30.3 Å². The smallest absolute Gasteiger partial charge is 0.263 e. The van der Waals surface area contributed by atoms with E-state index in [-0.39, 0.29) is 17.4 Å². The Kier molecular flexibility index (Phi) is 4.66. The number of hydrogen-bond acceptors (Lipinski definition) is 4. The third-order valence-electron chi connectivity index (χ3n) is 6.51. The van der Waals surface area contributed by atoms with Crippen molar-refractivity contribution in [2.45, 2.75) is 25.8 Å². The summed E-state index contributed by atoms with van der Waals surface area (Å²) < 4.78 is 2.97. The topological polar surface area (TPSA) is 55.1 Å². The van der Waals surface area contributed by atoms with E-state index >= 15 is 0 Å². The van der Waals surface area contributed by atoms with Gasteiger partial charge in [-0.05, 0) is 60.5 Å². The molecular formula is C28H22N2O2S. The lowest BCUT2D eigenvalue weighted by atomic mass is 10.1. The number of rotatable bonds is 3. The molecule has 1 aliphatic rings. The third-order valence-corrected chi connectivity index (χ3v) is 7.64. The number of thiophene rings is 1. The molecule has 2 aromatic heterocycles. The summed E-state index contributed by atoms with van der Waals surface area (Å²) in [6, 6.07) is 25.7. The Balaban J connectivity index is 1.60. The lowest BCUT2D eigenvalue weighted by Gasteiger charge is -2.21. The van der Waals surface area contributed by atoms with Crippen molar-refractivity contribution in [3.05, 3.63) is 106 Å². The quantitative estimate of drug-likeness (QED) is 0.359. The minimum Gasteiger partial charge on any atom is -0.507 e. The van der Waals surface area contributed by atoms with Crippen molar-refractivity contribution in [1.29, 1.82) is 0 Å². The second-order valence-corrected chi connectivity index (χ2v) is 9.65. The maximum Gasteiger partial charge on any atom is 0.263 e. The molecule has 5 heteroatoms. The number of phenolic OH excluding ortho intramolecular Hbond substituents is 1. The number of aromatic nitrogens is 2. The lowest BCUT2D eigenvalue weighted by molar-refractivity contribution is 0.472. The highest BCUT2D eigenvalue weighted by Gasteiger charge is 2.29. The lowest BCUT2D eigenvalue weighted by Crippen LogP contribution is -2.30. The van der Waals surface area contributed by atoms with Crippen LogP contribution in [0.25, 0.3) is 31.9 Å². The summed E-state index contributed by atoms with van der Waals surface area (Å²) >= 11 is 1.62. The summed E-state index contributed by atoms with van der Waals surface area (Å²) in [7, 11) is 0. The van der Waals surface area contributed by atoms with E-state index < -0.39 is 0 Å². The van der Waals surface area contributed by atoms with Gasteiger partial charge in [-0.2, -0.15) is 0 Å². The molecule has 0 saturated carbocycles. The maximum absolute atomic E-state index is 14.2. The van der Waals surface area contributed by atoms with Crippen LogP contribution in [0.1, 0.15) is 22.9 Å². The first-order valence-corrected chi connectivity index (χ1v) is 11.9. The summed E-state index contributed by atoms with van der Waals surface area (Å²) in [5, 5.41) is 11.7. The molecule has 0 bridgehead atoms. The van der Waals surface area contributed by atoms with Gasteiger partial charge in [0, 0.05) is 15.6 Å². The summed E-state index contributed by atoms with van der Waals surface area (Å²) in [4.78, 5) is 20.0. The molecule has 0 spiro atoms. The number of para-hydroxylation sites is 1. The Morgan fingerprint density at radius 3 is 2.33 bits per heavy atom. The zero-order valence-electron chi connectivity index (χ0n) is 18.2. The van der Waals surface area contributed by atoms with Crippen LogP contribution in [-0.4, -0.2) is 14.7 Å². The number of fused-ring (bicyclic) bond motifs is 2. The monoisotopic (exact) mass is 450 g/mol. The number of aryl methyl sites for hydroxylation is 1. The summed E-state index contributed by atoms with van der Waals surface area (Å²) in [6.07, 6.45) is 1.54. The van der Waals surface area contributed by atoms with Gasteiger partial charge in [0.15, 0.2) is 0 Å². The van der Waals surface area contributed by atoms with E-state index in [1.165, 1.54) is 11.1 Å². The molecule has 0 saturated heterocycles. The fraction of sp³-hybridized carbons (Fsp3) is 0.143. The fourth-order valence-electron chi connectivity index (χ4n) is 4.94. The van der Waals surface area contributed by atoms with E-state index in [1.54, 1.807) is 23.5 Å². The minimum absolute atomic E-state index is 0.0502. The minimum atomic E-state index is -0.0508. The van der Waals surface area contributed by atoms with Gasteiger partial charge in [-0.1, -0.05) is 54.6 Å². The van der Waals surface area contributed by atoms with Crippen molar-refractivity contribution < 1.29 is 5.11 Å². The van der Waals surface area contributed by atoms with E-state index in [1.807, 2.05) is 47.9 Å². The Bertz CT molecular complexity index is 1520. The van der Waals surface area contributed by atoms with Gasteiger partial charge in [0.05, 0.1) is 16.8 Å². The first kappa shape index (κ1) is 19.9. The summed E-state index contributed by atoms with van der Waals surface area (Å²) in [6.45, 7) is 1.89. The van der Waals surface area contributed by atoms with Crippen LogP contribution in [0.15, 0.2) is 83.7 Å². The highest BCUT2D eigenvalue weighted by Crippen LogP contribution is 2.37. The van der Waals surface area contributed by atoms with Gasteiger partial charge in [-0.3, -0.25) is 9.36 Å². The van der Waals surface area contributed by atoms with Gasteiger partial charge < -0.3 is 5.11 Å². The van der Waals surface area contributed by atoms with Crippen LogP contribution >= 0.6 is 11.3 Å². The normalized spacial score (nSPS) is 13.5. The van der Waals surface area contributed by atoms with E-state index in [0.29, 0.717) is 22.6 Å². The van der Waals surface area contributed by atoms with Gasteiger partial charge in [-0.15, -0.1) is 11.3 Å². The van der Waals surface area contributed by atoms with Gasteiger partial charge in [0.25, 0.3) is 5.56 Å². The standard InChI is InChI=1S/C28H22N2O2S/c1-17-26(25-16-20-10-4-7-13-24(20)33-25)28(32)30(21-14-18-8-2-3-9-19(18)15-21)27(29-17)22-11-5-6-12-23(22)31/h2-13,16,21,31H,14-15H2,1H3. The van der Waals surface area contributed by atoms with Crippen molar-refractivity contribution in [2.75, 3.05) is 0 Å². The van der Waals surface area contributed by atoms with Crippen LogP contribution < -0.4 is 5.56 Å². The number of hydrogen-bond donors (Lipinski definition) is 1. The van der Waals surface area contributed by atoms with Crippen LogP contribution in [-0.2, 0) is 12.8 Å². The van der Waals surface area contributed by atoms with Gasteiger partial charge in [0.2, 0.25) is 0 Å². The highest BCUT2D eigenvalue weighted by molar-refractivity contribution is 7.22. The number of benzene rings is 3. The van der Waals surface area contributed by atoms with Crippen molar-refractivity contribution in [3.63, 3.8) is 0 Å². The van der Waals surface area contributed by atoms with Crippen LogP contribution in [0.2, 0.25) is 0 Å². The fourth-order valence-corrected chi connectivity index (χ4v) is 6.09. The molecule has 5 aromatic rings. The zero-order valence-corrected chi connectivity index (χ0v) is 19.0. The molecule has 0 atom stereocenters. The van der Waals surface area contributed by atoms with Gasteiger partial charge >= 0.3 is 0 Å². The van der Waals surface area contributed by atoms with Crippen molar-refractivity contribution >= 4 is 21.4 Å². The molecule has 162 valence electrons. The largest absolute Gasteiger partial charge is 0.507 e. The van der Waals surface area contributed by atoms with Crippen molar-refractivity contribution in [2.24, 2.45) is 0 Å². The second kappa shape index (κ2) is 7.71. The van der Waals surface area contributed by atoms with Gasteiger partial charge in [-0.25, -0.2) is 4.98 Å². The molecule has 0 amide bonds. The Labute approximate surface area is 195 Å². The Morgan fingerprint density at radius 1 is 0.939 bits per heavy atom. The summed E-state index contributed by atoms with van der Waals surface area (Å²) in [5.41, 5.74) is 4.38. The van der Waals surface area contributed by atoms with Gasteiger partial charge in [0.1, 0.15) is 11.6 Å². The van der Waals surface area contributed by atoms with Crippen molar-refractivity contribution in [1.82, 2.24) is 9.55 Å². The van der Waals surface area contributed by atoms with Crippen LogP contribution in [0.3, 0.4) is 0 Å². The SMILES string of the molecule is Cc1nc(-c2ccccc2O)n(C2Cc3ccccc3C2)c(=O)c1-c1cc2ccccc2s1. The predicted molar refractivity (Wildman–Crippen MR) is 134 cm³/mol. The maximum atomic E-state index is 14.2. The number of aromatic hydroxyl groups is 1.